The molecule has 1 aromatic heterocycles. The van der Waals surface area contributed by atoms with Crippen LogP contribution in [-0.2, 0) is 11.3 Å². The van der Waals surface area contributed by atoms with Gasteiger partial charge in [-0.2, -0.15) is 0 Å². The standard InChI is InChI=1S/C28H33N5O2/c1-20-17-21-7-9-24(20)25-11-13-30-28(32-25)31-23-8-10-26(33-14-4-2-5-15-33)22(18-23)19-35-16-6-3-12-29-27(21)34/h7-11,13,17-18H,2-6,12,14-16,19H2,1H3,(H,29,34)(H,30,31,32). The summed E-state index contributed by atoms with van der Waals surface area (Å²) in [5.41, 5.74) is 6.83. The Balaban J connectivity index is 1.47. The van der Waals surface area contributed by atoms with Crippen LogP contribution in [0.3, 0.4) is 0 Å². The van der Waals surface area contributed by atoms with E-state index >= 15 is 0 Å². The van der Waals surface area contributed by atoms with Crippen molar-refractivity contribution >= 4 is 23.2 Å². The summed E-state index contributed by atoms with van der Waals surface area (Å²) in [6.45, 7) is 6.03. The molecule has 7 heteroatoms. The molecule has 6 rings (SSSR count). The van der Waals surface area contributed by atoms with Crippen molar-refractivity contribution in [3.63, 3.8) is 0 Å². The minimum Gasteiger partial charge on any atom is -0.377 e. The average Bonchev–Trinajstić information content (AvgIpc) is 2.88. The number of anilines is 3. The van der Waals surface area contributed by atoms with E-state index in [-0.39, 0.29) is 5.91 Å². The van der Waals surface area contributed by atoms with E-state index in [4.69, 9.17) is 9.72 Å². The topological polar surface area (TPSA) is 79.4 Å². The van der Waals surface area contributed by atoms with E-state index in [1.807, 2.05) is 31.2 Å². The summed E-state index contributed by atoms with van der Waals surface area (Å²) in [4.78, 5) is 24.3. The molecular formula is C28H33N5O2. The van der Waals surface area contributed by atoms with Gasteiger partial charge >= 0.3 is 0 Å². The van der Waals surface area contributed by atoms with Crippen molar-refractivity contribution in [1.29, 1.82) is 0 Å². The van der Waals surface area contributed by atoms with Crippen LogP contribution in [0.5, 0.6) is 0 Å². The van der Waals surface area contributed by atoms with Crippen LogP contribution in [0.2, 0.25) is 0 Å². The molecule has 7 nitrogen and oxygen atoms in total. The van der Waals surface area contributed by atoms with Gasteiger partial charge in [0.05, 0.1) is 12.3 Å². The highest BCUT2D eigenvalue weighted by Gasteiger charge is 2.16. The van der Waals surface area contributed by atoms with Crippen molar-refractivity contribution in [3.8, 4) is 11.3 Å². The molecule has 0 saturated carbocycles. The Bertz CT molecular complexity index is 1190. The molecule has 0 radical (unpaired) electrons. The lowest BCUT2D eigenvalue weighted by atomic mass is 10.0. The van der Waals surface area contributed by atoms with Gasteiger partial charge in [-0.25, -0.2) is 9.97 Å². The van der Waals surface area contributed by atoms with Crippen molar-refractivity contribution in [2.75, 3.05) is 36.5 Å². The lowest BCUT2D eigenvalue weighted by Crippen LogP contribution is -2.30. The van der Waals surface area contributed by atoms with Crippen molar-refractivity contribution in [3.05, 3.63) is 65.4 Å². The number of carbonyl (C=O) groups excluding carboxylic acids is 1. The van der Waals surface area contributed by atoms with Crippen molar-refractivity contribution in [1.82, 2.24) is 15.3 Å². The van der Waals surface area contributed by atoms with E-state index in [0.717, 1.165) is 48.4 Å². The molecule has 3 aromatic rings. The predicted octanol–water partition coefficient (Wildman–Crippen LogP) is 5.23. The highest BCUT2D eigenvalue weighted by atomic mass is 16.5. The Morgan fingerprint density at radius 3 is 2.71 bits per heavy atom. The van der Waals surface area contributed by atoms with Crippen LogP contribution in [-0.4, -0.2) is 42.1 Å². The SMILES string of the molecule is Cc1cc2ccc1-c1ccnc(n1)Nc1ccc(N3CCCCC3)c(c1)COCCCCNC2=O. The van der Waals surface area contributed by atoms with Crippen molar-refractivity contribution < 1.29 is 9.53 Å². The summed E-state index contributed by atoms with van der Waals surface area (Å²) in [7, 11) is 0. The summed E-state index contributed by atoms with van der Waals surface area (Å²) in [6.07, 6.45) is 7.30. The first-order valence-corrected chi connectivity index (χ1v) is 12.6. The zero-order valence-corrected chi connectivity index (χ0v) is 20.3. The quantitative estimate of drug-likeness (QED) is 0.506. The Hall–Kier alpha value is -3.45. The first kappa shape index (κ1) is 23.3. The second kappa shape index (κ2) is 10.9. The molecule has 35 heavy (non-hydrogen) atoms. The van der Waals surface area contributed by atoms with E-state index < -0.39 is 0 Å². The molecule has 6 bridgehead atoms. The number of aryl methyl sites for hydroxylation is 1. The molecule has 1 saturated heterocycles. The number of fused-ring (bicyclic) bond motifs is 9. The smallest absolute Gasteiger partial charge is 0.251 e. The summed E-state index contributed by atoms with van der Waals surface area (Å²) in [5, 5.41) is 6.41. The van der Waals surface area contributed by atoms with Gasteiger partial charge in [0.2, 0.25) is 5.95 Å². The van der Waals surface area contributed by atoms with Gasteiger partial charge in [-0.1, -0.05) is 6.07 Å². The Morgan fingerprint density at radius 2 is 1.86 bits per heavy atom. The number of hydrogen-bond donors (Lipinski definition) is 2. The summed E-state index contributed by atoms with van der Waals surface area (Å²) in [5.74, 6) is 0.491. The highest BCUT2D eigenvalue weighted by molar-refractivity contribution is 5.95. The number of ether oxygens (including phenoxy) is 1. The highest BCUT2D eigenvalue weighted by Crippen LogP contribution is 2.29. The fraction of sp³-hybridized carbons (Fsp3) is 0.393. The second-order valence-corrected chi connectivity index (χ2v) is 9.33. The van der Waals surface area contributed by atoms with Crippen LogP contribution in [0.1, 0.15) is 53.6 Å². The monoisotopic (exact) mass is 471 g/mol. The molecule has 2 N–H and O–H groups in total. The first-order valence-electron chi connectivity index (χ1n) is 12.6. The molecule has 1 amide bonds. The maximum Gasteiger partial charge on any atom is 0.251 e. The molecular weight excluding hydrogens is 438 g/mol. The normalized spacial score (nSPS) is 17.1. The number of carbonyl (C=O) groups is 1. The molecule has 0 aliphatic carbocycles. The van der Waals surface area contributed by atoms with Gasteiger partial charge < -0.3 is 20.3 Å². The van der Waals surface area contributed by atoms with Gasteiger partial charge in [0.15, 0.2) is 0 Å². The van der Waals surface area contributed by atoms with E-state index in [2.05, 4.69) is 38.7 Å². The molecule has 0 unspecified atom stereocenters. The number of rotatable bonds is 1. The molecule has 4 heterocycles. The van der Waals surface area contributed by atoms with Gasteiger partial charge in [-0.05, 0) is 81.0 Å². The molecule has 2 aromatic carbocycles. The zero-order valence-electron chi connectivity index (χ0n) is 20.3. The number of aromatic nitrogens is 2. The third-order valence-electron chi connectivity index (χ3n) is 6.71. The lowest BCUT2D eigenvalue weighted by Gasteiger charge is -2.31. The van der Waals surface area contributed by atoms with E-state index in [0.29, 0.717) is 31.3 Å². The molecule has 0 atom stereocenters. The largest absolute Gasteiger partial charge is 0.377 e. The third-order valence-corrected chi connectivity index (χ3v) is 6.71. The number of nitrogens with one attached hydrogen (secondary N) is 2. The van der Waals surface area contributed by atoms with Gasteiger partial charge in [0, 0.05) is 60.5 Å². The number of benzene rings is 2. The summed E-state index contributed by atoms with van der Waals surface area (Å²) < 4.78 is 6.08. The van der Waals surface area contributed by atoms with Crippen molar-refractivity contribution in [2.45, 2.75) is 45.6 Å². The Morgan fingerprint density at radius 1 is 0.971 bits per heavy atom. The Kier molecular flexibility index (Phi) is 7.23. The maximum absolute atomic E-state index is 12.6. The minimum atomic E-state index is -0.0503. The average molecular weight is 472 g/mol. The number of hydrogen-bond acceptors (Lipinski definition) is 6. The predicted molar refractivity (Wildman–Crippen MR) is 139 cm³/mol. The molecule has 3 aliphatic heterocycles. The molecule has 0 spiro atoms. The third kappa shape index (κ3) is 5.62. The first-order chi connectivity index (χ1) is 17.2. The maximum atomic E-state index is 12.6. The van der Waals surface area contributed by atoms with Crippen LogP contribution in [0.15, 0.2) is 48.7 Å². The van der Waals surface area contributed by atoms with Crippen LogP contribution >= 0.6 is 0 Å². The molecule has 3 aliphatic rings. The van der Waals surface area contributed by atoms with Gasteiger partial charge in [-0.3, -0.25) is 4.79 Å². The second-order valence-electron chi connectivity index (χ2n) is 9.33. The van der Waals surface area contributed by atoms with Crippen LogP contribution in [0.4, 0.5) is 17.3 Å². The number of amides is 1. The van der Waals surface area contributed by atoms with Gasteiger partial charge in [0.25, 0.3) is 5.91 Å². The molecule has 1 fully saturated rings. The summed E-state index contributed by atoms with van der Waals surface area (Å²) in [6, 6.07) is 14.1. The van der Waals surface area contributed by atoms with Crippen LogP contribution in [0, 0.1) is 6.92 Å². The fourth-order valence-corrected chi connectivity index (χ4v) is 4.83. The van der Waals surface area contributed by atoms with E-state index in [1.165, 1.54) is 30.5 Å². The van der Waals surface area contributed by atoms with Gasteiger partial charge in [-0.15, -0.1) is 0 Å². The zero-order chi connectivity index (χ0) is 24.0. The lowest BCUT2D eigenvalue weighted by molar-refractivity contribution is 0.0946. The van der Waals surface area contributed by atoms with Crippen LogP contribution < -0.4 is 15.5 Å². The van der Waals surface area contributed by atoms with Crippen molar-refractivity contribution in [2.24, 2.45) is 0 Å². The number of piperidine rings is 1. The molecule has 182 valence electrons. The minimum absolute atomic E-state index is 0.0503. The summed E-state index contributed by atoms with van der Waals surface area (Å²) >= 11 is 0. The van der Waals surface area contributed by atoms with Gasteiger partial charge in [0.1, 0.15) is 0 Å². The van der Waals surface area contributed by atoms with E-state index in [9.17, 15) is 4.79 Å². The van der Waals surface area contributed by atoms with Crippen LogP contribution in [0.25, 0.3) is 11.3 Å². The fourth-order valence-electron chi connectivity index (χ4n) is 4.83. The van der Waals surface area contributed by atoms with E-state index in [1.54, 1.807) is 6.20 Å². The number of nitrogens with zero attached hydrogens (tertiary/aromatic N) is 3. The Labute approximate surface area is 206 Å².